The Morgan fingerprint density at radius 1 is 1.30 bits per heavy atom. The van der Waals surface area contributed by atoms with E-state index in [4.69, 9.17) is 0 Å². The fourth-order valence-electron chi connectivity index (χ4n) is 3.91. The molecule has 7 nitrogen and oxygen atoms in total. The Labute approximate surface area is 156 Å². The van der Waals surface area contributed by atoms with Gasteiger partial charge in [0.25, 0.3) is 0 Å². The fraction of sp³-hybridized carbons (Fsp3) is 0.421. The second-order valence-corrected chi connectivity index (χ2v) is 7.32. The first-order valence-corrected chi connectivity index (χ1v) is 8.97. The van der Waals surface area contributed by atoms with Gasteiger partial charge in [-0.2, -0.15) is 9.61 Å². The summed E-state index contributed by atoms with van der Waals surface area (Å²) in [5.74, 6) is -0.302. The number of aliphatic hydroxyl groups excluding tert-OH is 2. The van der Waals surface area contributed by atoms with Crippen LogP contribution in [0.5, 0.6) is 0 Å². The van der Waals surface area contributed by atoms with Crippen LogP contribution in [0, 0.1) is 18.2 Å². The first-order chi connectivity index (χ1) is 13.0. The van der Waals surface area contributed by atoms with Crippen LogP contribution in [-0.2, 0) is 6.42 Å². The van der Waals surface area contributed by atoms with Crippen molar-refractivity contribution in [1.82, 2.24) is 19.8 Å². The van der Waals surface area contributed by atoms with Gasteiger partial charge in [-0.15, -0.1) is 10.2 Å². The van der Waals surface area contributed by atoms with Gasteiger partial charge >= 0.3 is 0 Å². The number of hydrogen-bond acceptors (Lipinski definition) is 6. The quantitative estimate of drug-likeness (QED) is 0.720. The molecular formula is C19H22FN5O2. The van der Waals surface area contributed by atoms with Crippen LogP contribution in [0.2, 0.25) is 0 Å². The molecule has 2 atom stereocenters. The molecule has 0 unspecified atom stereocenters. The first-order valence-electron chi connectivity index (χ1n) is 8.97. The summed E-state index contributed by atoms with van der Waals surface area (Å²) in [4.78, 5) is 2.12. The smallest absolute Gasteiger partial charge is 0.200 e. The predicted octanol–water partition coefficient (Wildman–Crippen LogP) is 1.36. The van der Waals surface area contributed by atoms with Crippen molar-refractivity contribution < 1.29 is 14.6 Å². The van der Waals surface area contributed by atoms with Crippen LogP contribution in [0.25, 0.3) is 5.65 Å². The third kappa shape index (κ3) is 3.26. The molecule has 1 aliphatic rings. The van der Waals surface area contributed by atoms with Crippen molar-refractivity contribution in [3.8, 4) is 0 Å². The summed E-state index contributed by atoms with van der Waals surface area (Å²) in [6.07, 6.45) is 1.88. The molecule has 142 valence electrons. The normalized spacial score (nSPS) is 23.1. The molecule has 1 saturated heterocycles. The van der Waals surface area contributed by atoms with Crippen molar-refractivity contribution in [3.63, 3.8) is 0 Å². The first kappa shape index (κ1) is 17.8. The van der Waals surface area contributed by atoms with E-state index >= 15 is 0 Å². The molecule has 8 heteroatoms. The van der Waals surface area contributed by atoms with E-state index in [1.54, 1.807) is 23.0 Å². The van der Waals surface area contributed by atoms with E-state index in [9.17, 15) is 14.6 Å². The van der Waals surface area contributed by atoms with Crippen molar-refractivity contribution in [1.29, 1.82) is 0 Å². The largest absolute Gasteiger partial charge is 0.396 e. The molecule has 2 N–H and O–H groups in total. The second-order valence-electron chi connectivity index (χ2n) is 7.32. The van der Waals surface area contributed by atoms with E-state index in [2.05, 4.69) is 20.2 Å². The van der Waals surface area contributed by atoms with Crippen LogP contribution in [-0.4, -0.2) is 55.8 Å². The Hall–Kier alpha value is -2.58. The van der Waals surface area contributed by atoms with Gasteiger partial charge in [0.05, 0.1) is 24.1 Å². The summed E-state index contributed by atoms with van der Waals surface area (Å²) in [7, 11) is 0. The van der Waals surface area contributed by atoms with E-state index in [0.717, 1.165) is 16.9 Å². The number of rotatable bonds is 4. The third-order valence-corrected chi connectivity index (χ3v) is 5.38. The summed E-state index contributed by atoms with van der Waals surface area (Å²) in [5, 5.41) is 33.4. The number of hydrogen-bond donors (Lipinski definition) is 2. The van der Waals surface area contributed by atoms with Crippen LogP contribution in [0.3, 0.4) is 0 Å². The monoisotopic (exact) mass is 371 g/mol. The second kappa shape index (κ2) is 6.86. The molecule has 27 heavy (non-hydrogen) atoms. The molecule has 0 saturated carbocycles. The number of benzene rings is 1. The minimum absolute atomic E-state index is 0.172. The van der Waals surface area contributed by atoms with Gasteiger partial charge in [-0.3, -0.25) is 0 Å². The van der Waals surface area contributed by atoms with E-state index in [1.165, 1.54) is 12.1 Å². The summed E-state index contributed by atoms with van der Waals surface area (Å²) in [6.45, 7) is 2.82. The van der Waals surface area contributed by atoms with Gasteiger partial charge in [0.15, 0.2) is 0 Å². The Morgan fingerprint density at radius 2 is 2.07 bits per heavy atom. The number of halogens is 1. The van der Waals surface area contributed by atoms with Crippen molar-refractivity contribution >= 4 is 11.3 Å². The minimum atomic E-state index is -0.746. The Balaban J connectivity index is 1.68. The van der Waals surface area contributed by atoms with Crippen molar-refractivity contribution in [2.24, 2.45) is 5.41 Å². The van der Waals surface area contributed by atoms with E-state index in [1.807, 2.05) is 13.0 Å². The topological polar surface area (TPSA) is 86.8 Å². The number of piperidine rings is 1. The average molecular weight is 371 g/mol. The number of anilines is 1. The molecule has 1 aliphatic heterocycles. The van der Waals surface area contributed by atoms with Crippen molar-refractivity contribution in [2.45, 2.75) is 25.9 Å². The lowest BCUT2D eigenvalue weighted by molar-refractivity contribution is -0.0291. The standard InChI is InChI=1S/C19H22FN5O2/c1-13-8-16(18-22-21-12-25(18)23-13)24-7-6-17(27)19(10-24,11-26)9-14-2-4-15(20)5-3-14/h2-5,8,12,17,26-27H,6-7,9-11H2,1H3/t17-,19-/m0/s1. The Bertz CT molecular complexity index is 945. The zero-order chi connectivity index (χ0) is 19.0. The number of fused-ring (bicyclic) bond motifs is 1. The van der Waals surface area contributed by atoms with E-state index < -0.39 is 11.5 Å². The molecule has 0 amide bonds. The van der Waals surface area contributed by atoms with E-state index in [-0.39, 0.29) is 12.4 Å². The van der Waals surface area contributed by atoms with Gasteiger partial charge in [0.1, 0.15) is 12.1 Å². The van der Waals surface area contributed by atoms with Gasteiger partial charge < -0.3 is 15.1 Å². The number of aromatic nitrogens is 4. The van der Waals surface area contributed by atoms with Crippen LogP contribution in [0.15, 0.2) is 36.7 Å². The zero-order valence-electron chi connectivity index (χ0n) is 15.1. The molecule has 1 fully saturated rings. The predicted molar refractivity (Wildman–Crippen MR) is 98.0 cm³/mol. The molecule has 4 rings (SSSR count). The lowest BCUT2D eigenvalue weighted by atomic mass is 9.73. The summed E-state index contributed by atoms with van der Waals surface area (Å²) < 4.78 is 14.9. The average Bonchev–Trinajstić information content (AvgIpc) is 3.13. The summed E-state index contributed by atoms with van der Waals surface area (Å²) in [5.41, 5.74) is 2.49. The summed E-state index contributed by atoms with van der Waals surface area (Å²) in [6, 6.07) is 8.15. The van der Waals surface area contributed by atoms with E-state index in [0.29, 0.717) is 31.6 Å². The molecule has 2 aromatic heterocycles. The van der Waals surface area contributed by atoms with Gasteiger partial charge in [-0.25, -0.2) is 4.39 Å². The third-order valence-electron chi connectivity index (χ3n) is 5.38. The highest BCUT2D eigenvalue weighted by atomic mass is 19.1. The molecule has 3 aromatic rings. The fourth-order valence-corrected chi connectivity index (χ4v) is 3.91. The van der Waals surface area contributed by atoms with Crippen molar-refractivity contribution in [3.05, 3.63) is 53.7 Å². The highest BCUT2D eigenvalue weighted by Crippen LogP contribution is 2.37. The van der Waals surface area contributed by atoms with Crippen LogP contribution in [0.1, 0.15) is 17.7 Å². The van der Waals surface area contributed by atoms with Gasteiger partial charge in [-0.1, -0.05) is 12.1 Å². The minimum Gasteiger partial charge on any atom is -0.396 e. The lowest BCUT2D eigenvalue weighted by Gasteiger charge is -2.46. The van der Waals surface area contributed by atoms with Crippen LogP contribution in [0.4, 0.5) is 10.1 Å². The maximum atomic E-state index is 13.2. The maximum absolute atomic E-state index is 13.2. The molecule has 0 radical (unpaired) electrons. The molecular weight excluding hydrogens is 349 g/mol. The lowest BCUT2D eigenvalue weighted by Crippen LogP contribution is -2.55. The Morgan fingerprint density at radius 3 is 2.81 bits per heavy atom. The number of aliphatic hydroxyl groups is 2. The summed E-state index contributed by atoms with van der Waals surface area (Å²) >= 11 is 0. The van der Waals surface area contributed by atoms with Crippen LogP contribution < -0.4 is 4.90 Å². The molecule has 3 heterocycles. The Kier molecular flexibility index (Phi) is 4.53. The number of aryl methyl sites for hydroxylation is 1. The molecule has 0 spiro atoms. The van der Waals surface area contributed by atoms with Gasteiger partial charge in [0.2, 0.25) is 5.65 Å². The molecule has 0 bridgehead atoms. The zero-order valence-corrected chi connectivity index (χ0v) is 15.1. The number of nitrogens with zero attached hydrogens (tertiary/aromatic N) is 5. The molecule has 1 aromatic carbocycles. The highest BCUT2D eigenvalue weighted by molar-refractivity contribution is 5.68. The SMILES string of the molecule is Cc1cc(N2CC[C@H](O)[C@@](CO)(Cc3ccc(F)cc3)C2)c2nncn2n1. The highest BCUT2D eigenvalue weighted by Gasteiger charge is 2.43. The van der Waals surface area contributed by atoms with Gasteiger partial charge in [0, 0.05) is 18.5 Å². The van der Waals surface area contributed by atoms with Crippen LogP contribution >= 0.6 is 0 Å². The molecule has 0 aliphatic carbocycles. The van der Waals surface area contributed by atoms with Crippen molar-refractivity contribution in [2.75, 3.05) is 24.6 Å². The maximum Gasteiger partial charge on any atom is 0.200 e. The van der Waals surface area contributed by atoms with Gasteiger partial charge in [-0.05, 0) is 43.5 Å².